The predicted octanol–water partition coefficient (Wildman–Crippen LogP) is 7.19. The number of para-hydroxylation sites is 2. The lowest BCUT2D eigenvalue weighted by molar-refractivity contribution is 0.242. The van der Waals surface area contributed by atoms with E-state index in [1.54, 1.807) is 30.3 Å². The number of fused-ring (bicyclic) bond motifs is 1. The molecule has 0 aliphatic carbocycles. The van der Waals surface area contributed by atoms with E-state index < -0.39 is 5.56 Å². The van der Waals surface area contributed by atoms with Crippen LogP contribution in [0.2, 0.25) is 15.1 Å². The van der Waals surface area contributed by atoms with Gasteiger partial charge in [-0.05, 0) is 68.4 Å². The van der Waals surface area contributed by atoms with Crippen molar-refractivity contribution in [2.45, 2.75) is 20.0 Å². The van der Waals surface area contributed by atoms with E-state index in [-0.39, 0.29) is 11.6 Å². The summed E-state index contributed by atoms with van der Waals surface area (Å²) < 4.78 is 7.90. The number of benzene rings is 3. The monoisotopic (exact) mass is 524 g/mol. The normalized spacial score (nSPS) is 11.4. The minimum absolute atomic E-state index is 0.0651. The molecule has 5 aromatic rings. The topological polar surface area (TPSA) is 72.8 Å². The van der Waals surface area contributed by atoms with Crippen molar-refractivity contribution in [2.24, 2.45) is 0 Å². The molecular weight excluding hydrogens is 507 g/mol. The van der Waals surface area contributed by atoms with Crippen molar-refractivity contribution in [3.8, 4) is 34.2 Å². The Balaban J connectivity index is 1.85. The lowest BCUT2D eigenvalue weighted by Crippen LogP contribution is -2.12. The van der Waals surface area contributed by atoms with Gasteiger partial charge in [-0.1, -0.05) is 46.9 Å². The van der Waals surface area contributed by atoms with Crippen LogP contribution in [0.5, 0.6) is 5.75 Å². The van der Waals surface area contributed by atoms with Crippen molar-refractivity contribution in [3.05, 3.63) is 92.2 Å². The Bertz CT molecular complexity index is 1610. The summed E-state index contributed by atoms with van der Waals surface area (Å²) in [5.41, 5.74) is 2.15. The maximum atomic E-state index is 13.2. The summed E-state index contributed by atoms with van der Waals surface area (Å²) in [6, 6.07) is 19.8. The number of halogens is 3. The summed E-state index contributed by atoms with van der Waals surface area (Å²) in [5, 5.41) is 1.44. The molecule has 0 aliphatic rings. The van der Waals surface area contributed by atoms with Crippen LogP contribution in [0.25, 0.3) is 39.6 Å². The van der Waals surface area contributed by atoms with Crippen molar-refractivity contribution in [2.75, 3.05) is 0 Å². The lowest BCUT2D eigenvalue weighted by Gasteiger charge is -2.17. The number of aromatic nitrogens is 4. The molecule has 0 spiro atoms. The molecule has 0 fully saturated rings. The number of ether oxygens (including phenoxy) is 1. The maximum Gasteiger partial charge on any atom is 0.279 e. The Kier molecular flexibility index (Phi) is 6.28. The largest absolute Gasteiger partial charge is 0.489 e. The first-order valence-electron chi connectivity index (χ1n) is 10.8. The summed E-state index contributed by atoms with van der Waals surface area (Å²) in [4.78, 5) is 25.5. The van der Waals surface area contributed by atoms with Gasteiger partial charge in [-0.15, -0.1) is 0 Å². The number of nitrogens with zero attached hydrogens (tertiary/aromatic N) is 3. The molecule has 9 heteroatoms. The van der Waals surface area contributed by atoms with Crippen LogP contribution < -0.4 is 10.3 Å². The molecule has 2 heterocycles. The van der Waals surface area contributed by atoms with Crippen LogP contribution in [0.3, 0.4) is 0 Å². The Morgan fingerprint density at radius 2 is 1.63 bits per heavy atom. The van der Waals surface area contributed by atoms with Crippen molar-refractivity contribution < 1.29 is 4.74 Å². The predicted molar refractivity (Wildman–Crippen MR) is 141 cm³/mol. The first-order valence-corrected chi connectivity index (χ1v) is 12.0. The van der Waals surface area contributed by atoms with Crippen LogP contribution in [0.4, 0.5) is 0 Å². The van der Waals surface area contributed by atoms with Crippen LogP contribution in [0, 0.1) is 0 Å². The van der Waals surface area contributed by atoms with E-state index in [1.807, 2.05) is 54.8 Å². The number of H-pyrrole nitrogens is 1. The van der Waals surface area contributed by atoms with Gasteiger partial charge in [0.05, 0.1) is 16.8 Å². The molecule has 0 atom stereocenters. The molecule has 0 saturated heterocycles. The van der Waals surface area contributed by atoms with Gasteiger partial charge in [-0.25, -0.2) is 9.97 Å². The second-order valence-electron chi connectivity index (χ2n) is 8.12. The van der Waals surface area contributed by atoms with Crippen molar-refractivity contribution >= 4 is 46.0 Å². The highest BCUT2D eigenvalue weighted by Gasteiger charge is 2.22. The third-order valence-corrected chi connectivity index (χ3v) is 6.08. The van der Waals surface area contributed by atoms with E-state index in [2.05, 4.69) is 9.97 Å². The fourth-order valence-electron chi connectivity index (χ4n) is 3.79. The van der Waals surface area contributed by atoms with Gasteiger partial charge in [-0.2, -0.15) is 0 Å². The summed E-state index contributed by atoms with van der Waals surface area (Å²) >= 11 is 18.6. The van der Waals surface area contributed by atoms with Gasteiger partial charge in [0.2, 0.25) is 0 Å². The fraction of sp³-hybridized carbons (Fsp3) is 0.115. The number of aromatic amines is 1. The first-order chi connectivity index (χ1) is 16.8. The Hall–Kier alpha value is -3.32. The zero-order valence-electron chi connectivity index (χ0n) is 18.7. The molecule has 5 rings (SSSR count). The molecule has 0 amide bonds. The van der Waals surface area contributed by atoms with Crippen molar-refractivity contribution in [1.82, 2.24) is 19.5 Å². The minimum Gasteiger partial charge on any atom is -0.489 e. The second kappa shape index (κ2) is 9.38. The molecule has 0 unspecified atom stereocenters. The van der Waals surface area contributed by atoms with Crippen LogP contribution in [0.15, 0.2) is 71.5 Å². The zero-order chi connectivity index (χ0) is 24.7. The number of imidazole rings is 1. The summed E-state index contributed by atoms with van der Waals surface area (Å²) in [6.07, 6.45) is -0.0651. The van der Waals surface area contributed by atoms with Gasteiger partial charge in [-0.3, -0.25) is 9.36 Å². The standard InChI is InChI=1S/C26H19Cl3N4O2/c1-14(2)35-21-6-4-3-5-20(21)33-24(15-7-9-16(27)10-8-15)30-22-25(33)31-23(32-26(22)34)18-12-11-17(28)13-19(18)29/h3-14H,1-2H3,(H,31,32,34). The highest BCUT2D eigenvalue weighted by atomic mass is 35.5. The smallest absolute Gasteiger partial charge is 0.279 e. The highest BCUT2D eigenvalue weighted by molar-refractivity contribution is 6.36. The maximum absolute atomic E-state index is 13.2. The van der Waals surface area contributed by atoms with E-state index in [1.165, 1.54) is 0 Å². The molecular formula is C26H19Cl3N4O2. The van der Waals surface area contributed by atoms with Crippen LogP contribution in [-0.4, -0.2) is 25.6 Å². The molecule has 0 bridgehead atoms. The summed E-state index contributed by atoms with van der Waals surface area (Å²) in [7, 11) is 0. The SMILES string of the molecule is CC(C)Oc1ccccc1-n1c(-c2ccc(Cl)cc2)nc2c(=O)[nH]c(-c3ccc(Cl)cc3Cl)nc21. The molecule has 1 N–H and O–H groups in total. The Labute approximate surface area is 216 Å². The number of hydrogen-bond acceptors (Lipinski definition) is 4. The van der Waals surface area contributed by atoms with Gasteiger partial charge in [0.15, 0.2) is 11.2 Å². The first kappa shape index (κ1) is 23.4. The fourth-order valence-corrected chi connectivity index (χ4v) is 4.42. The van der Waals surface area contributed by atoms with Gasteiger partial charge < -0.3 is 9.72 Å². The Morgan fingerprint density at radius 3 is 2.34 bits per heavy atom. The Morgan fingerprint density at radius 1 is 0.914 bits per heavy atom. The van der Waals surface area contributed by atoms with Crippen molar-refractivity contribution in [3.63, 3.8) is 0 Å². The molecule has 6 nitrogen and oxygen atoms in total. The number of rotatable bonds is 5. The molecule has 2 aromatic heterocycles. The average Bonchev–Trinajstić information content (AvgIpc) is 3.19. The molecule has 3 aromatic carbocycles. The van der Waals surface area contributed by atoms with Crippen LogP contribution >= 0.6 is 34.8 Å². The van der Waals surface area contributed by atoms with Gasteiger partial charge in [0.1, 0.15) is 17.4 Å². The van der Waals surface area contributed by atoms with E-state index >= 15 is 0 Å². The quantitative estimate of drug-likeness (QED) is 0.263. The molecule has 0 radical (unpaired) electrons. The van der Waals surface area contributed by atoms with E-state index in [0.29, 0.717) is 49.4 Å². The van der Waals surface area contributed by atoms with Gasteiger partial charge in [0.25, 0.3) is 5.56 Å². The van der Waals surface area contributed by atoms with E-state index in [9.17, 15) is 4.79 Å². The number of hydrogen-bond donors (Lipinski definition) is 1. The lowest BCUT2D eigenvalue weighted by atomic mass is 10.2. The van der Waals surface area contributed by atoms with E-state index in [4.69, 9.17) is 44.5 Å². The third-order valence-electron chi connectivity index (χ3n) is 5.28. The molecule has 0 saturated carbocycles. The summed E-state index contributed by atoms with van der Waals surface area (Å²) in [6.45, 7) is 3.90. The van der Waals surface area contributed by atoms with Crippen molar-refractivity contribution in [1.29, 1.82) is 0 Å². The molecule has 176 valence electrons. The van der Waals surface area contributed by atoms with Gasteiger partial charge in [0, 0.05) is 21.2 Å². The third kappa shape index (κ3) is 4.52. The van der Waals surface area contributed by atoms with Crippen LogP contribution in [0.1, 0.15) is 13.8 Å². The summed E-state index contributed by atoms with van der Waals surface area (Å²) in [5.74, 6) is 1.45. The highest BCUT2D eigenvalue weighted by Crippen LogP contribution is 2.34. The second-order valence-corrected chi connectivity index (χ2v) is 9.40. The number of nitrogens with one attached hydrogen (secondary N) is 1. The van der Waals surface area contributed by atoms with Gasteiger partial charge >= 0.3 is 0 Å². The van der Waals surface area contributed by atoms with E-state index in [0.717, 1.165) is 5.56 Å². The van der Waals surface area contributed by atoms with Crippen LogP contribution in [-0.2, 0) is 0 Å². The molecule has 0 aliphatic heterocycles. The molecule has 35 heavy (non-hydrogen) atoms. The average molecular weight is 526 g/mol. The minimum atomic E-state index is -0.396. The zero-order valence-corrected chi connectivity index (χ0v) is 21.0.